The average molecular weight is 445 g/mol. The number of aliphatic hydroxyl groups is 1. The van der Waals surface area contributed by atoms with Crippen molar-refractivity contribution in [3.63, 3.8) is 0 Å². The van der Waals surface area contributed by atoms with Gasteiger partial charge in [0.1, 0.15) is 23.7 Å². The second-order valence-electron chi connectivity index (χ2n) is 7.88. The predicted octanol–water partition coefficient (Wildman–Crippen LogP) is 4.54. The number of methoxy groups -OCH3 is 2. The molecule has 2 aromatic carbocycles. The fourth-order valence-electron chi connectivity index (χ4n) is 3.04. The second kappa shape index (κ2) is 13.9. The molecule has 0 aliphatic heterocycles. The molecular weight excluding hydrogens is 408 g/mol. The Morgan fingerprint density at radius 2 is 1.34 bits per heavy atom. The van der Waals surface area contributed by atoms with Crippen molar-refractivity contribution in [2.45, 2.75) is 52.3 Å². The third-order valence-electron chi connectivity index (χ3n) is 4.96. The summed E-state index contributed by atoms with van der Waals surface area (Å²) in [5.74, 6) is 1.58. The molecule has 32 heavy (non-hydrogen) atoms. The van der Waals surface area contributed by atoms with Gasteiger partial charge in [0.2, 0.25) is 0 Å². The summed E-state index contributed by atoms with van der Waals surface area (Å²) in [4.78, 5) is 0. The number of rotatable bonds is 14. The highest BCUT2D eigenvalue weighted by atomic mass is 16.6. The van der Waals surface area contributed by atoms with Crippen LogP contribution >= 0.6 is 0 Å². The minimum atomic E-state index is -0.735. The van der Waals surface area contributed by atoms with Crippen LogP contribution in [0.2, 0.25) is 0 Å². The maximum absolute atomic E-state index is 10.4. The molecule has 176 valence electrons. The minimum Gasteiger partial charge on any atom is -0.497 e. The normalized spacial score (nSPS) is 13.8. The summed E-state index contributed by atoms with van der Waals surface area (Å²) in [5.41, 5.74) is 3.17. The Labute approximate surface area is 191 Å². The molecule has 0 bridgehead atoms. The van der Waals surface area contributed by atoms with Gasteiger partial charge in [0.05, 0.1) is 46.8 Å². The van der Waals surface area contributed by atoms with E-state index in [0.717, 1.165) is 22.6 Å². The molecular formula is C26H36O6. The Hall–Kier alpha value is -2.38. The Morgan fingerprint density at radius 3 is 1.78 bits per heavy atom. The van der Waals surface area contributed by atoms with E-state index in [1.807, 2.05) is 68.5 Å². The van der Waals surface area contributed by atoms with E-state index in [9.17, 15) is 5.11 Å². The summed E-state index contributed by atoms with van der Waals surface area (Å²) >= 11 is 0. The standard InChI is InChI=1S/C26H36O6/c1-19(2)14-15-30-18-25(31-16-21-6-10-23(28-4)11-7-21)26(20(3)27)32-17-22-8-12-24(29-5)13-9-22/h6-14,20,25-27H,15-18H2,1-5H3/t20-,25-,26-/m0/s1. The molecule has 0 fully saturated rings. The molecule has 0 saturated heterocycles. The van der Waals surface area contributed by atoms with Crippen molar-refractivity contribution < 1.29 is 28.8 Å². The van der Waals surface area contributed by atoms with Crippen LogP contribution in [0, 0.1) is 0 Å². The lowest BCUT2D eigenvalue weighted by Crippen LogP contribution is -2.42. The van der Waals surface area contributed by atoms with Gasteiger partial charge >= 0.3 is 0 Å². The van der Waals surface area contributed by atoms with Crippen molar-refractivity contribution in [2.75, 3.05) is 27.4 Å². The average Bonchev–Trinajstić information content (AvgIpc) is 2.80. The van der Waals surface area contributed by atoms with Crippen LogP contribution in [-0.4, -0.2) is 50.9 Å². The highest BCUT2D eigenvalue weighted by Crippen LogP contribution is 2.18. The zero-order valence-electron chi connectivity index (χ0n) is 19.7. The smallest absolute Gasteiger partial charge is 0.118 e. The number of allylic oxidation sites excluding steroid dienone is 1. The van der Waals surface area contributed by atoms with E-state index < -0.39 is 18.3 Å². The first-order chi connectivity index (χ1) is 15.4. The highest BCUT2D eigenvalue weighted by Gasteiger charge is 2.28. The van der Waals surface area contributed by atoms with Crippen LogP contribution in [-0.2, 0) is 27.4 Å². The van der Waals surface area contributed by atoms with Crippen LogP contribution in [0.4, 0.5) is 0 Å². The largest absolute Gasteiger partial charge is 0.497 e. The van der Waals surface area contributed by atoms with E-state index in [-0.39, 0.29) is 0 Å². The highest BCUT2D eigenvalue weighted by molar-refractivity contribution is 5.27. The van der Waals surface area contributed by atoms with Crippen molar-refractivity contribution in [3.05, 3.63) is 71.3 Å². The lowest BCUT2D eigenvalue weighted by molar-refractivity contribution is -0.146. The lowest BCUT2D eigenvalue weighted by atomic mass is 10.1. The van der Waals surface area contributed by atoms with Crippen LogP contribution in [0.25, 0.3) is 0 Å². The molecule has 0 heterocycles. The monoisotopic (exact) mass is 444 g/mol. The zero-order chi connectivity index (χ0) is 23.3. The molecule has 2 aromatic rings. The van der Waals surface area contributed by atoms with Crippen LogP contribution in [0.1, 0.15) is 31.9 Å². The van der Waals surface area contributed by atoms with E-state index in [4.69, 9.17) is 23.7 Å². The SMILES string of the molecule is COc1ccc(CO[C@@H]([C@H](C)O)[C@H](COCC=C(C)C)OCc2ccc(OC)cc2)cc1. The Bertz CT molecular complexity index is 794. The van der Waals surface area contributed by atoms with Crippen molar-refractivity contribution >= 4 is 0 Å². The van der Waals surface area contributed by atoms with E-state index >= 15 is 0 Å². The molecule has 0 aliphatic rings. The molecule has 6 nitrogen and oxygen atoms in total. The molecule has 0 spiro atoms. The lowest BCUT2D eigenvalue weighted by Gasteiger charge is -2.29. The summed E-state index contributed by atoms with van der Waals surface area (Å²) < 4.78 is 28.5. The molecule has 1 N–H and O–H groups in total. The zero-order valence-corrected chi connectivity index (χ0v) is 19.7. The van der Waals surface area contributed by atoms with Crippen molar-refractivity contribution in [3.8, 4) is 11.5 Å². The fraction of sp³-hybridized carbons (Fsp3) is 0.462. The Kier molecular flexibility index (Phi) is 11.2. The van der Waals surface area contributed by atoms with Crippen LogP contribution in [0.3, 0.4) is 0 Å². The van der Waals surface area contributed by atoms with E-state index in [1.165, 1.54) is 5.57 Å². The first-order valence-electron chi connectivity index (χ1n) is 10.8. The first-order valence-corrected chi connectivity index (χ1v) is 10.8. The number of hydrogen-bond donors (Lipinski definition) is 1. The van der Waals surface area contributed by atoms with Gasteiger partial charge in [-0.25, -0.2) is 0 Å². The summed E-state index contributed by atoms with van der Waals surface area (Å²) in [5, 5.41) is 10.4. The van der Waals surface area contributed by atoms with Gasteiger partial charge < -0.3 is 28.8 Å². The number of hydrogen-bond acceptors (Lipinski definition) is 6. The van der Waals surface area contributed by atoms with Crippen molar-refractivity contribution in [1.29, 1.82) is 0 Å². The molecule has 0 radical (unpaired) electrons. The number of benzene rings is 2. The van der Waals surface area contributed by atoms with E-state index in [2.05, 4.69) is 0 Å². The van der Waals surface area contributed by atoms with Crippen LogP contribution < -0.4 is 9.47 Å². The molecule has 0 saturated carbocycles. The summed E-state index contributed by atoms with van der Waals surface area (Å²) in [6.07, 6.45) is 0.278. The van der Waals surface area contributed by atoms with Gasteiger partial charge in [0.25, 0.3) is 0 Å². The fourth-order valence-corrected chi connectivity index (χ4v) is 3.04. The van der Waals surface area contributed by atoms with E-state index in [1.54, 1.807) is 21.1 Å². The molecule has 0 aromatic heterocycles. The van der Waals surface area contributed by atoms with Gasteiger partial charge in [-0.05, 0) is 56.2 Å². The Balaban J connectivity index is 2.05. The van der Waals surface area contributed by atoms with Crippen LogP contribution in [0.5, 0.6) is 11.5 Å². The third kappa shape index (κ3) is 9.01. The maximum Gasteiger partial charge on any atom is 0.118 e. The summed E-state index contributed by atoms with van der Waals surface area (Å²) in [7, 11) is 3.27. The summed E-state index contributed by atoms with van der Waals surface area (Å²) in [6.45, 7) is 7.26. The van der Waals surface area contributed by atoms with Crippen LogP contribution in [0.15, 0.2) is 60.2 Å². The van der Waals surface area contributed by atoms with Gasteiger partial charge in [-0.2, -0.15) is 0 Å². The molecule has 0 amide bonds. The molecule has 6 heteroatoms. The first kappa shape index (κ1) is 25.9. The van der Waals surface area contributed by atoms with Gasteiger partial charge in [-0.1, -0.05) is 35.9 Å². The predicted molar refractivity (Wildman–Crippen MR) is 125 cm³/mol. The minimum absolute atomic E-state index is 0.304. The van der Waals surface area contributed by atoms with E-state index in [0.29, 0.717) is 26.4 Å². The van der Waals surface area contributed by atoms with Gasteiger partial charge in [0.15, 0.2) is 0 Å². The number of ether oxygens (including phenoxy) is 5. The molecule has 0 unspecified atom stereocenters. The topological polar surface area (TPSA) is 66.4 Å². The summed E-state index contributed by atoms with van der Waals surface area (Å²) in [6, 6.07) is 15.3. The molecule has 2 rings (SSSR count). The maximum atomic E-state index is 10.4. The van der Waals surface area contributed by atoms with Gasteiger partial charge in [-0.3, -0.25) is 0 Å². The quantitative estimate of drug-likeness (QED) is 0.341. The second-order valence-corrected chi connectivity index (χ2v) is 7.88. The van der Waals surface area contributed by atoms with Crippen molar-refractivity contribution in [1.82, 2.24) is 0 Å². The number of aliphatic hydroxyl groups excluding tert-OH is 1. The molecule has 0 aliphatic carbocycles. The molecule has 3 atom stereocenters. The third-order valence-corrected chi connectivity index (χ3v) is 4.96. The Morgan fingerprint density at radius 1 is 0.844 bits per heavy atom. The van der Waals surface area contributed by atoms with Crippen molar-refractivity contribution in [2.24, 2.45) is 0 Å². The van der Waals surface area contributed by atoms with Gasteiger partial charge in [0, 0.05) is 0 Å². The van der Waals surface area contributed by atoms with Gasteiger partial charge in [-0.15, -0.1) is 0 Å².